The van der Waals surface area contributed by atoms with E-state index in [0.29, 0.717) is 30.4 Å². The van der Waals surface area contributed by atoms with Crippen LogP contribution in [0, 0.1) is 0 Å². The number of rotatable bonds is 5. The first kappa shape index (κ1) is 18.5. The minimum absolute atomic E-state index is 0.164. The van der Waals surface area contributed by atoms with E-state index >= 15 is 0 Å². The van der Waals surface area contributed by atoms with E-state index in [1.807, 2.05) is 31.2 Å². The molecule has 0 aromatic heterocycles. The highest BCUT2D eigenvalue weighted by molar-refractivity contribution is 8.18. The summed E-state index contributed by atoms with van der Waals surface area (Å²) in [4.78, 5) is 40.3. The maximum Gasteiger partial charge on any atom is 0.294 e. The molecule has 7 heteroatoms. The first-order chi connectivity index (χ1) is 12.6. The number of likely N-dealkylation sites (tertiary alicyclic amines) is 1. The van der Waals surface area contributed by atoms with Gasteiger partial charge >= 0.3 is 0 Å². The molecule has 1 aromatic carbocycles. The summed E-state index contributed by atoms with van der Waals surface area (Å²) in [5.41, 5.74) is 0.738. The zero-order valence-corrected chi connectivity index (χ0v) is 15.6. The molecule has 0 unspecified atom stereocenters. The third-order valence-corrected chi connectivity index (χ3v) is 5.29. The van der Waals surface area contributed by atoms with Crippen LogP contribution in [0.2, 0.25) is 0 Å². The molecule has 0 N–H and O–H groups in total. The van der Waals surface area contributed by atoms with Gasteiger partial charge in [0.05, 0.1) is 11.5 Å². The van der Waals surface area contributed by atoms with Crippen LogP contribution >= 0.6 is 11.8 Å². The van der Waals surface area contributed by atoms with Crippen molar-refractivity contribution in [2.75, 3.05) is 26.2 Å². The molecular weight excluding hydrogens is 352 g/mol. The molecular formula is C19H22N2O4S. The van der Waals surface area contributed by atoms with Crippen molar-refractivity contribution in [2.24, 2.45) is 0 Å². The van der Waals surface area contributed by atoms with Crippen LogP contribution in [0.5, 0.6) is 5.75 Å². The Morgan fingerprint density at radius 2 is 1.92 bits per heavy atom. The van der Waals surface area contributed by atoms with Crippen LogP contribution in [-0.4, -0.2) is 53.1 Å². The van der Waals surface area contributed by atoms with Crippen molar-refractivity contribution in [1.82, 2.24) is 9.80 Å². The Balaban J connectivity index is 1.73. The van der Waals surface area contributed by atoms with Crippen molar-refractivity contribution in [1.29, 1.82) is 0 Å². The molecule has 0 radical (unpaired) electrons. The van der Waals surface area contributed by atoms with Crippen LogP contribution in [-0.2, 0) is 9.59 Å². The fourth-order valence-corrected chi connectivity index (χ4v) is 3.87. The predicted octanol–water partition coefficient (Wildman–Crippen LogP) is 3.13. The molecule has 2 aliphatic rings. The molecule has 0 saturated carbocycles. The highest BCUT2D eigenvalue weighted by Crippen LogP contribution is 2.34. The Bertz CT molecular complexity index is 741. The first-order valence-electron chi connectivity index (χ1n) is 8.85. The smallest absolute Gasteiger partial charge is 0.294 e. The Labute approximate surface area is 157 Å². The summed E-state index contributed by atoms with van der Waals surface area (Å²) < 4.78 is 5.56. The molecule has 0 atom stereocenters. The van der Waals surface area contributed by atoms with Crippen molar-refractivity contribution >= 4 is 34.9 Å². The summed E-state index contributed by atoms with van der Waals surface area (Å²) in [5, 5.41) is -0.402. The minimum atomic E-state index is -0.420. The van der Waals surface area contributed by atoms with Gasteiger partial charge < -0.3 is 9.64 Å². The van der Waals surface area contributed by atoms with E-state index in [2.05, 4.69) is 0 Å². The summed E-state index contributed by atoms with van der Waals surface area (Å²) in [7, 11) is 0. The van der Waals surface area contributed by atoms with Crippen molar-refractivity contribution in [3.05, 3.63) is 34.7 Å². The quantitative estimate of drug-likeness (QED) is 0.741. The first-order valence-corrected chi connectivity index (χ1v) is 9.66. The van der Waals surface area contributed by atoms with Gasteiger partial charge in [-0.15, -0.1) is 0 Å². The second-order valence-corrected chi connectivity index (χ2v) is 7.17. The average molecular weight is 374 g/mol. The van der Waals surface area contributed by atoms with Crippen LogP contribution < -0.4 is 4.74 Å². The van der Waals surface area contributed by atoms with Gasteiger partial charge in [0.1, 0.15) is 12.3 Å². The Morgan fingerprint density at radius 1 is 1.19 bits per heavy atom. The molecule has 0 spiro atoms. The Hall–Kier alpha value is -2.28. The van der Waals surface area contributed by atoms with E-state index in [0.717, 1.165) is 41.5 Å². The largest absolute Gasteiger partial charge is 0.493 e. The molecule has 138 valence electrons. The lowest BCUT2D eigenvalue weighted by atomic mass is 10.1. The zero-order valence-electron chi connectivity index (χ0n) is 14.8. The van der Waals surface area contributed by atoms with Gasteiger partial charge in [0.25, 0.3) is 11.1 Å². The molecule has 3 amide bonds. The van der Waals surface area contributed by atoms with Gasteiger partial charge in [-0.25, -0.2) is 0 Å². The van der Waals surface area contributed by atoms with E-state index in [4.69, 9.17) is 4.74 Å². The number of thioether (sulfide) groups is 1. The van der Waals surface area contributed by atoms with Crippen molar-refractivity contribution in [3.63, 3.8) is 0 Å². The molecule has 2 fully saturated rings. The van der Waals surface area contributed by atoms with Crippen LogP contribution in [0.3, 0.4) is 0 Å². The third kappa shape index (κ3) is 4.09. The van der Waals surface area contributed by atoms with E-state index in [9.17, 15) is 14.4 Å². The number of amides is 3. The van der Waals surface area contributed by atoms with E-state index in [1.165, 1.54) is 0 Å². The second kappa shape index (κ2) is 8.40. The van der Waals surface area contributed by atoms with E-state index in [-0.39, 0.29) is 12.5 Å². The molecule has 2 aliphatic heterocycles. The SMILES string of the molecule is CCOc1ccccc1/C=C1/SC(=O)N(CC(=O)N2CCCCC2)C1=O. The number of piperidine rings is 1. The van der Waals surface area contributed by atoms with E-state index in [1.54, 1.807) is 11.0 Å². The lowest BCUT2D eigenvalue weighted by Gasteiger charge is -2.27. The number of ether oxygens (including phenoxy) is 1. The van der Waals surface area contributed by atoms with Gasteiger partial charge in [-0.05, 0) is 50.1 Å². The highest BCUT2D eigenvalue weighted by Gasteiger charge is 2.37. The molecule has 26 heavy (non-hydrogen) atoms. The monoisotopic (exact) mass is 374 g/mol. The molecule has 3 rings (SSSR count). The fraction of sp³-hybridized carbons (Fsp3) is 0.421. The fourth-order valence-electron chi connectivity index (χ4n) is 3.04. The van der Waals surface area contributed by atoms with Gasteiger partial charge in [0, 0.05) is 18.7 Å². The summed E-state index contributed by atoms with van der Waals surface area (Å²) in [6, 6.07) is 7.35. The van der Waals surface area contributed by atoms with Gasteiger partial charge in [0.2, 0.25) is 5.91 Å². The number of nitrogens with zero attached hydrogens (tertiary/aromatic N) is 2. The van der Waals surface area contributed by atoms with Crippen LogP contribution in [0.15, 0.2) is 29.2 Å². The van der Waals surface area contributed by atoms with Crippen LogP contribution in [0.4, 0.5) is 4.79 Å². The summed E-state index contributed by atoms with van der Waals surface area (Å²) >= 11 is 0.864. The highest BCUT2D eigenvalue weighted by atomic mass is 32.2. The average Bonchev–Trinajstić information content (AvgIpc) is 2.91. The van der Waals surface area contributed by atoms with Gasteiger partial charge in [-0.3, -0.25) is 19.3 Å². The topological polar surface area (TPSA) is 66.9 Å². The normalized spacial score (nSPS) is 19.3. The number of imide groups is 1. The molecule has 6 nitrogen and oxygen atoms in total. The Morgan fingerprint density at radius 3 is 2.65 bits per heavy atom. The lowest BCUT2D eigenvalue weighted by molar-refractivity contribution is -0.136. The molecule has 2 saturated heterocycles. The number of carbonyl (C=O) groups excluding carboxylic acids is 3. The van der Waals surface area contributed by atoms with E-state index < -0.39 is 11.1 Å². The molecule has 2 heterocycles. The maximum absolute atomic E-state index is 12.6. The van der Waals surface area contributed by atoms with Crippen LogP contribution in [0.25, 0.3) is 6.08 Å². The van der Waals surface area contributed by atoms with Crippen molar-refractivity contribution in [2.45, 2.75) is 26.2 Å². The number of carbonyl (C=O) groups is 3. The number of hydrogen-bond acceptors (Lipinski definition) is 5. The number of para-hydroxylation sites is 1. The third-order valence-electron chi connectivity index (χ3n) is 4.38. The van der Waals surface area contributed by atoms with Crippen LogP contribution in [0.1, 0.15) is 31.7 Å². The van der Waals surface area contributed by atoms with Gasteiger partial charge in [0.15, 0.2) is 0 Å². The molecule has 0 bridgehead atoms. The van der Waals surface area contributed by atoms with Crippen molar-refractivity contribution < 1.29 is 19.1 Å². The number of hydrogen-bond donors (Lipinski definition) is 0. The van der Waals surface area contributed by atoms with Gasteiger partial charge in [-0.2, -0.15) is 0 Å². The maximum atomic E-state index is 12.6. The standard InChI is InChI=1S/C19H22N2O4S/c1-2-25-15-9-5-4-8-14(15)12-16-18(23)21(19(24)26-16)13-17(22)20-10-6-3-7-11-20/h4-5,8-9,12H,2-3,6-7,10-11,13H2,1H3/b16-12+. The molecule has 1 aromatic rings. The van der Waals surface area contributed by atoms with Gasteiger partial charge in [-0.1, -0.05) is 18.2 Å². The Kier molecular flexibility index (Phi) is 5.98. The second-order valence-electron chi connectivity index (χ2n) is 6.18. The van der Waals surface area contributed by atoms with Crippen molar-refractivity contribution in [3.8, 4) is 5.75 Å². The number of benzene rings is 1. The summed E-state index contributed by atoms with van der Waals surface area (Å²) in [5.74, 6) is 0.0748. The lowest BCUT2D eigenvalue weighted by Crippen LogP contribution is -2.44. The predicted molar refractivity (Wildman–Crippen MR) is 101 cm³/mol. The zero-order chi connectivity index (χ0) is 18.5. The minimum Gasteiger partial charge on any atom is -0.493 e. The summed E-state index contributed by atoms with van der Waals surface area (Å²) in [6.07, 6.45) is 4.72. The summed E-state index contributed by atoms with van der Waals surface area (Å²) in [6.45, 7) is 3.61. The molecule has 0 aliphatic carbocycles.